The van der Waals surface area contributed by atoms with E-state index in [2.05, 4.69) is 0 Å². The van der Waals surface area contributed by atoms with Gasteiger partial charge in [-0.3, -0.25) is 10.1 Å². The van der Waals surface area contributed by atoms with Gasteiger partial charge in [-0.15, -0.1) is 0 Å². The summed E-state index contributed by atoms with van der Waals surface area (Å²) in [6.45, 7) is 5.78. The molecule has 1 aliphatic carbocycles. The number of hydrogen-bond acceptors (Lipinski definition) is 2. The van der Waals surface area contributed by atoms with Crippen LogP contribution in [0.1, 0.15) is 27.2 Å². The molecule has 0 saturated carbocycles. The van der Waals surface area contributed by atoms with Crippen molar-refractivity contribution in [2.45, 2.75) is 27.2 Å². The van der Waals surface area contributed by atoms with Crippen LogP contribution in [0.25, 0.3) is 0 Å². The highest BCUT2D eigenvalue weighted by Crippen LogP contribution is 2.32. The molecule has 0 amide bonds. The van der Waals surface area contributed by atoms with Crippen molar-refractivity contribution < 1.29 is 4.92 Å². The molecular weight excluding hydrogens is 154 g/mol. The van der Waals surface area contributed by atoms with Crippen LogP contribution in [0, 0.1) is 15.5 Å². The van der Waals surface area contributed by atoms with Gasteiger partial charge in [-0.25, -0.2) is 0 Å². The van der Waals surface area contributed by atoms with E-state index in [1.807, 2.05) is 19.9 Å². The lowest BCUT2D eigenvalue weighted by Crippen LogP contribution is -2.15. The Morgan fingerprint density at radius 2 is 2.17 bits per heavy atom. The van der Waals surface area contributed by atoms with Gasteiger partial charge in [-0.1, -0.05) is 19.9 Å². The Balaban J connectivity index is 3.02. The van der Waals surface area contributed by atoms with Crippen LogP contribution in [0.15, 0.2) is 23.4 Å². The molecule has 1 aliphatic rings. The minimum Gasteiger partial charge on any atom is -0.258 e. The van der Waals surface area contributed by atoms with Crippen LogP contribution < -0.4 is 0 Å². The summed E-state index contributed by atoms with van der Waals surface area (Å²) in [7, 11) is 0. The molecule has 0 aromatic carbocycles. The molecule has 0 fully saturated rings. The van der Waals surface area contributed by atoms with E-state index in [0.717, 1.165) is 12.0 Å². The zero-order valence-electron chi connectivity index (χ0n) is 7.63. The van der Waals surface area contributed by atoms with Crippen LogP contribution >= 0.6 is 0 Å². The highest BCUT2D eigenvalue weighted by atomic mass is 16.6. The van der Waals surface area contributed by atoms with E-state index in [9.17, 15) is 10.1 Å². The molecule has 0 saturated heterocycles. The summed E-state index contributed by atoms with van der Waals surface area (Å²) in [5.41, 5.74) is 0.965. The monoisotopic (exact) mass is 167 g/mol. The first-order valence-electron chi connectivity index (χ1n) is 3.97. The van der Waals surface area contributed by atoms with Gasteiger partial charge in [0.25, 0.3) is 5.70 Å². The Labute approximate surface area is 71.9 Å². The van der Waals surface area contributed by atoms with Crippen LogP contribution in [0.4, 0.5) is 0 Å². The molecule has 0 unspecified atom stereocenters. The van der Waals surface area contributed by atoms with Gasteiger partial charge < -0.3 is 0 Å². The van der Waals surface area contributed by atoms with Crippen LogP contribution in [0.2, 0.25) is 0 Å². The molecule has 0 aliphatic heterocycles. The van der Waals surface area contributed by atoms with Crippen molar-refractivity contribution >= 4 is 0 Å². The summed E-state index contributed by atoms with van der Waals surface area (Å²) in [6, 6.07) is 0. The van der Waals surface area contributed by atoms with Gasteiger partial charge in [-0.05, 0) is 24.8 Å². The smallest absolute Gasteiger partial charge is 0.258 e. The average Bonchev–Trinajstić information content (AvgIpc) is 1.94. The number of rotatable bonds is 1. The maximum atomic E-state index is 10.5. The molecule has 0 atom stereocenters. The molecule has 0 N–H and O–H groups in total. The van der Waals surface area contributed by atoms with Gasteiger partial charge in [0.05, 0.1) is 4.92 Å². The largest absolute Gasteiger partial charge is 0.268 e. The standard InChI is InChI=1S/C9H13NO2/c1-7-4-5-9(2,3)6-8(7)10(11)12/h4,6H,5H2,1-3H3. The minimum atomic E-state index is -0.313. The lowest BCUT2D eigenvalue weighted by Gasteiger charge is -2.21. The van der Waals surface area contributed by atoms with Crippen LogP contribution in [0.3, 0.4) is 0 Å². The molecular formula is C9H13NO2. The Bertz CT molecular complexity index is 274. The van der Waals surface area contributed by atoms with Gasteiger partial charge in [0, 0.05) is 5.57 Å². The van der Waals surface area contributed by atoms with Crippen LogP contribution in [0.5, 0.6) is 0 Å². The topological polar surface area (TPSA) is 43.1 Å². The molecule has 3 heteroatoms. The highest BCUT2D eigenvalue weighted by Gasteiger charge is 2.25. The van der Waals surface area contributed by atoms with E-state index in [0.29, 0.717) is 0 Å². The van der Waals surface area contributed by atoms with Crippen molar-refractivity contribution in [1.29, 1.82) is 0 Å². The van der Waals surface area contributed by atoms with Crippen LogP contribution in [-0.2, 0) is 0 Å². The Hall–Kier alpha value is -1.12. The second kappa shape index (κ2) is 2.73. The van der Waals surface area contributed by atoms with Crippen LogP contribution in [-0.4, -0.2) is 4.92 Å². The summed E-state index contributed by atoms with van der Waals surface area (Å²) in [6.07, 6.45) is 4.55. The van der Waals surface area contributed by atoms with E-state index in [1.54, 1.807) is 13.0 Å². The molecule has 0 radical (unpaired) electrons. The lowest BCUT2D eigenvalue weighted by atomic mass is 9.83. The molecule has 12 heavy (non-hydrogen) atoms. The number of hydrogen-bond donors (Lipinski definition) is 0. The van der Waals surface area contributed by atoms with Gasteiger partial charge in [0.2, 0.25) is 0 Å². The molecule has 3 nitrogen and oxygen atoms in total. The predicted molar refractivity (Wildman–Crippen MR) is 47.2 cm³/mol. The predicted octanol–water partition coefficient (Wildman–Crippen LogP) is 2.52. The van der Waals surface area contributed by atoms with Gasteiger partial charge >= 0.3 is 0 Å². The Morgan fingerprint density at radius 1 is 1.58 bits per heavy atom. The van der Waals surface area contributed by atoms with Crippen molar-refractivity contribution in [3.05, 3.63) is 33.5 Å². The minimum absolute atomic E-state index is 0.0675. The first kappa shape index (κ1) is 8.97. The van der Waals surface area contributed by atoms with E-state index >= 15 is 0 Å². The van der Waals surface area contributed by atoms with Crippen molar-refractivity contribution in [1.82, 2.24) is 0 Å². The van der Waals surface area contributed by atoms with Gasteiger partial charge in [0.1, 0.15) is 0 Å². The number of allylic oxidation sites excluding steroid dienone is 3. The Kier molecular flexibility index (Phi) is 2.04. The third-order valence-corrected chi connectivity index (χ3v) is 2.06. The van der Waals surface area contributed by atoms with Gasteiger partial charge in [0.15, 0.2) is 0 Å². The summed E-state index contributed by atoms with van der Waals surface area (Å²) >= 11 is 0. The lowest BCUT2D eigenvalue weighted by molar-refractivity contribution is -0.421. The maximum absolute atomic E-state index is 10.5. The zero-order valence-corrected chi connectivity index (χ0v) is 7.63. The van der Waals surface area contributed by atoms with Crippen molar-refractivity contribution in [3.63, 3.8) is 0 Å². The number of nitro groups is 1. The molecule has 0 heterocycles. The molecule has 0 aromatic rings. The zero-order chi connectivity index (χ0) is 9.35. The fraction of sp³-hybridized carbons (Fsp3) is 0.556. The summed E-state index contributed by atoms with van der Waals surface area (Å²) in [5.74, 6) is 0. The second-order valence-corrected chi connectivity index (χ2v) is 3.87. The van der Waals surface area contributed by atoms with E-state index < -0.39 is 0 Å². The fourth-order valence-electron chi connectivity index (χ4n) is 1.26. The third kappa shape index (κ3) is 1.72. The van der Waals surface area contributed by atoms with E-state index in [-0.39, 0.29) is 16.0 Å². The first-order valence-corrected chi connectivity index (χ1v) is 3.97. The van der Waals surface area contributed by atoms with Crippen molar-refractivity contribution in [3.8, 4) is 0 Å². The SMILES string of the molecule is CC1=CCC(C)(C)C=C1[N+](=O)[O-]. The summed E-state index contributed by atoms with van der Waals surface area (Å²) in [4.78, 5) is 10.2. The summed E-state index contributed by atoms with van der Waals surface area (Å²) < 4.78 is 0. The maximum Gasteiger partial charge on any atom is 0.268 e. The molecule has 0 aromatic heterocycles. The third-order valence-electron chi connectivity index (χ3n) is 2.06. The Morgan fingerprint density at radius 3 is 2.58 bits per heavy atom. The first-order chi connectivity index (χ1) is 5.42. The van der Waals surface area contributed by atoms with Gasteiger partial charge in [-0.2, -0.15) is 0 Å². The average molecular weight is 167 g/mol. The molecule has 0 spiro atoms. The summed E-state index contributed by atoms with van der Waals surface area (Å²) in [5, 5.41) is 10.5. The van der Waals surface area contributed by atoms with Crippen molar-refractivity contribution in [2.75, 3.05) is 0 Å². The quantitative estimate of drug-likeness (QED) is 0.445. The van der Waals surface area contributed by atoms with Crippen molar-refractivity contribution in [2.24, 2.45) is 5.41 Å². The molecule has 1 rings (SSSR count). The molecule has 66 valence electrons. The van der Waals surface area contributed by atoms with E-state index in [4.69, 9.17) is 0 Å². The highest BCUT2D eigenvalue weighted by molar-refractivity contribution is 5.29. The normalized spacial score (nSPS) is 21.2. The number of nitrogens with zero attached hydrogens (tertiary/aromatic N) is 1. The fourth-order valence-corrected chi connectivity index (χ4v) is 1.26. The van der Waals surface area contributed by atoms with E-state index in [1.165, 1.54) is 0 Å². The second-order valence-electron chi connectivity index (χ2n) is 3.87. The molecule has 0 bridgehead atoms.